The maximum Gasteiger partial charge on any atom is 0.263 e. The molecule has 0 aromatic carbocycles. The summed E-state index contributed by atoms with van der Waals surface area (Å²) in [7, 11) is 0. The van der Waals surface area contributed by atoms with E-state index in [2.05, 4.69) is 13.8 Å². The van der Waals surface area contributed by atoms with Crippen molar-refractivity contribution in [1.29, 1.82) is 0 Å². The van der Waals surface area contributed by atoms with Gasteiger partial charge in [0.1, 0.15) is 0 Å². The summed E-state index contributed by atoms with van der Waals surface area (Å²) in [4.78, 5) is 26.9. The smallest absolute Gasteiger partial charge is 0.263 e. The van der Waals surface area contributed by atoms with Crippen molar-refractivity contribution in [3.8, 4) is 0 Å². The van der Waals surface area contributed by atoms with Gasteiger partial charge in [0.25, 0.3) is 5.91 Å². The molecule has 0 saturated carbocycles. The first-order chi connectivity index (χ1) is 8.47. The number of amides is 1. The maximum atomic E-state index is 12.4. The van der Waals surface area contributed by atoms with E-state index in [-0.39, 0.29) is 11.7 Å². The summed E-state index contributed by atoms with van der Waals surface area (Å²) in [6, 6.07) is 3.52. The van der Waals surface area contributed by atoms with Gasteiger partial charge in [-0.3, -0.25) is 9.59 Å². The fraction of sp³-hybridized carbons (Fsp3) is 0.571. The van der Waals surface area contributed by atoms with Crippen LogP contribution in [0.15, 0.2) is 12.1 Å². The van der Waals surface area contributed by atoms with Crippen molar-refractivity contribution < 1.29 is 9.59 Å². The molecule has 2 atom stereocenters. The zero-order valence-corrected chi connectivity index (χ0v) is 11.9. The number of rotatable bonds is 2. The second-order valence-corrected chi connectivity index (χ2v) is 6.46. The van der Waals surface area contributed by atoms with Gasteiger partial charge < -0.3 is 4.90 Å². The van der Waals surface area contributed by atoms with Gasteiger partial charge in [0.15, 0.2) is 5.78 Å². The Morgan fingerprint density at radius 3 is 2.22 bits per heavy atom. The first-order valence-electron chi connectivity index (χ1n) is 6.37. The monoisotopic (exact) mass is 265 g/mol. The van der Waals surface area contributed by atoms with E-state index in [9.17, 15) is 9.59 Å². The van der Waals surface area contributed by atoms with E-state index in [1.54, 1.807) is 12.1 Å². The lowest BCUT2D eigenvalue weighted by Gasteiger charge is -2.34. The number of carbonyl (C=O) groups excluding carboxylic acids is 2. The van der Waals surface area contributed by atoms with E-state index in [0.717, 1.165) is 13.1 Å². The van der Waals surface area contributed by atoms with Crippen LogP contribution in [0.4, 0.5) is 0 Å². The molecule has 0 N–H and O–H groups in total. The van der Waals surface area contributed by atoms with E-state index < -0.39 is 0 Å². The molecule has 0 unspecified atom stereocenters. The van der Waals surface area contributed by atoms with Gasteiger partial charge in [-0.2, -0.15) is 0 Å². The lowest BCUT2D eigenvalue weighted by molar-refractivity contribution is 0.0628. The van der Waals surface area contributed by atoms with E-state index in [1.165, 1.54) is 24.7 Å². The summed E-state index contributed by atoms with van der Waals surface area (Å²) in [5, 5.41) is 0. The molecule has 1 aromatic rings. The second kappa shape index (κ2) is 5.22. The number of ketones is 1. The molecule has 0 radical (unpaired) electrons. The normalized spacial score (nSPS) is 24.1. The molecule has 2 heterocycles. The van der Waals surface area contributed by atoms with E-state index in [4.69, 9.17) is 0 Å². The summed E-state index contributed by atoms with van der Waals surface area (Å²) in [5.41, 5.74) is 0. The number of carbonyl (C=O) groups is 2. The van der Waals surface area contributed by atoms with Crippen molar-refractivity contribution in [2.24, 2.45) is 11.8 Å². The Morgan fingerprint density at radius 2 is 1.72 bits per heavy atom. The summed E-state index contributed by atoms with van der Waals surface area (Å²) < 4.78 is 0. The number of hydrogen-bond donors (Lipinski definition) is 0. The second-order valence-electron chi connectivity index (χ2n) is 5.38. The molecule has 1 saturated heterocycles. The third kappa shape index (κ3) is 2.80. The number of thiophene rings is 1. The lowest BCUT2D eigenvalue weighted by atomic mass is 9.92. The molecule has 3 nitrogen and oxygen atoms in total. The molecule has 4 heteroatoms. The van der Waals surface area contributed by atoms with Gasteiger partial charge in [0.2, 0.25) is 0 Å². The van der Waals surface area contributed by atoms with E-state index in [0.29, 0.717) is 21.6 Å². The largest absolute Gasteiger partial charge is 0.337 e. The first kappa shape index (κ1) is 13.3. The van der Waals surface area contributed by atoms with Gasteiger partial charge in [-0.15, -0.1) is 11.3 Å². The lowest BCUT2D eigenvalue weighted by Crippen LogP contribution is -2.42. The highest BCUT2D eigenvalue weighted by molar-refractivity contribution is 7.15. The molecule has 0 aliphatic carbocycles. The quantitative estimate of drug-likeness (QED) is 0.771. The number of hydrogen-bond acceptors (Lipinski definition) is 3. The van der Waals surface area contributed by atoms with Gasteiger partial charge in [0, 0.05) is 13.1 Å². The predicted molar refractivity (Wildman–Crippen MR) is 73.2 cm³/mol. The van der Waals surface area contributed by atoms with Gasteiger partial charge in [-0.25, -0.2) is 0 Å². The van der Waals surface area contributed by atoms with Crippen LogP contribution >= 0.6 is 11.3 Å². The van der Waals surface area contributed by atoms with Crippen LogP contribution in [0.2, 0.25) is 0 Å². The summed E-state index contributed by atoms with van der Waals surface area (Å²) in [5.74, 6) is 1.22. The molecular weight excluding hydrogens is 246 g/mol. The average molecular weight is 265 g/mol. The Balaban J connectivity index is 2.12. The van der Waals surface area contributed by atoms with Gasteiger partial charge >= 0.3 is 0 Å². The minimum atomic E-state index is 0.0273. The van der Waals surface area contributed by atoms with Crippen LogP contribution in [0, 0.1) is 11.8 Å². The molecule has 1 aliphatic heterocycles. The van der Waals surface area contributed by atoms with Crippen LogP contribution in [-0.2, 0) is 0 Å². The molecule has 2 rings (SSSR count). The number of piperidine rings is 1. The molecule has 18 heavy (non-hydrogen) atoms. The zero-order valence-electron chi connectivity index (χ0n) is 11.1. The third-order valence-electron chi connectivity index (χ3n) is 3.32. The fourth-order valence-electron chi connectivity index (χ4n) is 2.63. The molecule has 0 spiro atoms. The van der Waals surface area contributed by atoms with Gasteiger partial charge in [0.05, 0.1) is 9.75 Å². The summed E-state index contributed by atoms with van der Waals surface area (Å²) >= 11 is 1.30. The highest BCUT2D eigenvalue weighted by atomic mass is 32.1. The molecule has 1 aromatic heterocycles. The van der Waals surface area contributed by atoms with Crippen molar-refractivity contribution in [2.45, 2.75) is 27.2 Å². The van der Waals surface area contributed by atoms with Gasteiger partial charge in [-0.1, -0.05) is 13.8 Å². The standard InChI is InChI=1S/C14H19NO2S/c1-9-6-10(2)8-15(7-9)14(17)13-5-4-12(18-13)11(3)16/h4-5,9-10H,6-8H2,1-3H3/t9-,10-/m0/s1. The van der Waals surface area contributed by atoms with Gasteiger partial charge in [-0.05, 0) is 37.3 Å². The van der Waals surface area contributed by atoms with Crippen LogP contribution in [-0.4, -0.2) is 29.7 Å². The Labute approximate surface area is 112 Å². The Morgan fingerprint density at radius 1 is 1.17 bits per heavy atom. The topological polar surface area (TPSA) is 37.4 Å². The SMILES string of the molecule is CC(=O)c1ccc(C(=O)N2C[C@@H](C)C[C@H](C)C2)s1. The average Bonchev–Trinajstić information content (AvgIpc) is 2.75. The number of Topliss-reactive ketones (excluding diaryl/α,β-unsaturated/α-hetero) is 1. The van der Waals surface area contributed by atoms with Crippen molar-refractivity contribution in [1.82, 2.24) is 4.90 Å². The number of nitrogens with zero attached hydrogens (tertiary/aromatic N) is 1. The summed E-state index contributed by atoms with van der Waals surface area (Å²) in [6.07, 6.45) is 1.19. The minimum Gasteiger partial charge on any atom is -0.337 e. The molecule has 1 aliphatic rings. The number of likely N-dealkylation sites (tertiary alicyclic amines) is 1. The van der Waals surface area contributed by atoms with E-state index in [1.807, 2.05) is 4.90 Å². The molecule has 0 bridgehead atoms. The molecule has 1 fully saturated rings. The Bertz CT molecular complexity index is 456. The van der Waals surface area contributed by atoms with Crippen LogP contribution in [0.3, 0.4) is 0 Å². The Hall–Kier alpha value is -1.16. The predicted octanol–water partition coefficient (Wildman–Crippen LogP) is 3.07. The van der Waals surface area contributed by atoms with E-state index >= 15 is 0 Å². The minimum absolute atomic E-state index is 0.0273. The van der Waals surface area contributed by atoms with Crippen molar-refractivity contribution >= 4 is 23.0 Å². The fourth-order valence-corrected chi connectivity index (χ4v) is 3.50. The maximum absolute atomic E-state index is 12.4. The summed E-state index contributed by atoms with van der Waals surface area (Å²) in [6.45, 7) is 7.56. The van der Waals surface area contributed by atoms with Crippen LogP contribution in [0.5, 0.6) is 0 Å². The molecular formula is C14H19NO2S. The first-order valence-corrected chi connectivity index (χ1v) is 7.19. The van der Waals surface area contributed by atoms with Crippen LogP contribution < -0.4 is 0 Å². The van der Waals surface area contributed by atoms with Crippen molar-refractivity contribution in [3.63, 3.8) is 0 Å². The van der Waals surface area contributed by atoms with Crippen molar-refractivity contribution in [2.75, 3.05) is 13.1 Å². The van der Waals surface area contributed by atoms with Crippen LogP contribution in [0.25, 0.3) is 0 Å². The van der Waals surface area contributed by atoms with Crippen LogP contribution in [0.1, 0.15) is 46.5 Å². The highest BCUT2D eigenvalue weighted by Gasteiger charge is 2.27. The zero-order chi connectivity index (χ0) is 13.3. The molecule has 1 amide bonds. The van der Waals surface area contributed by atoms with Crippen molar-refractivity contribution in [3.05, 3.63) is 21.9 Å². The molecule has 98 valence electrons. The Kier molecular flexibility index (Phi) is 3.85. The highest BCUT2D eigenvalue weighted by Crippen LogP contribution is 2.25. The third-order valence-corrected chi connectivity index (χ3v) is 4.49.